The van der Waals surface area contributed by atoms with Crippen molar-refractivity contribution in [3.8, 4) is 0 Å². The van der Waals surface area contributed by atoms with Gasteiger partial charge in [-0.25, -0.2) is 4.98 Å². The van der Waals surface area contributed by atoms with E-state index < -0.39 is 0 Å². The van der Waals surface area contributed by atoms with Gasteiger partial charge in [-0.15, -0.1) is 11.8 Å². The quantitative estimate of drug-likeness (QED) is 0.654. The van der Waals surface area contributed by atoms with E-state index in [1.165, 1.54) is 11.8 Å². The van der Waals surface area contributed by atoms with Crippen LogP contribution in [-0.2, 0) is 0 Å². The molecule has 2 nitrogen and oxygen atoms in total. The summed E-state index contributed by atoms with van der Waals surface area (Å²) in [6, 6.07) is 0. The summed E-state index contributed by atoms with van der Waals surface area (Å²) in [5.74, 6) is 0.946. The largest absolute Gasteiger partial charge is 0.319 e. The first-order valence-corrected chi connectivity index (χ1v) is 6.35. The SMILES string of the molecule is CCSC(=S)Sc1nc(Cl)[nH]c1Cl. The van der Waals surface area contributed by atoms with E-state index in [0.717, 1.165) is 9.28 Å². The van der Waals surface area contributed by atoms with Gasteiger partial charge in [-0.2, -0.15) is 0 Å². The molecule has 0 bridgehead atoms. The van der Waals surface area contributed by atoms with E-state index in [0.29, 0.717) is 10.2 Å². The Labute approximate surface area is 100 Å². The van der Waals surface area contributed by atoms with Crippen molar-refractivity contribution in [3.05, 3.63) is 10.4 Å². The van der Waals surface area contributed by atoms with Crippen LogP contribution >= 0.6 is 58.9 Å². The minimum Gasteiger partial charge on any atom is -0.319 e. The molecule has 0 aliphatic rings. The fraction of sp³-hybridized carbons (Fsp3) is 0.333. The maximum atomic E-state index is 5.80. The summed E-state index contributed by atoms with van der Waals surface area (Å²) in [4.78, 5) is 6.66. The number of nitrogens with one attached hydrogen (secondary N) is 1. The molecule has 7 heteroatoms. The van der Waals surface area contributed by atoms with Gasteiger partial charge in [0.1, 0.15) is 13.7 Å². The van der Waals surface area contributed by atoms with Crippen LogP contribution in [0, 0.1) is 0 Å². The van der Waals surface area contributed by atoms with Gasteiger partial charge >= 0.3 is 0 Å². The van der Waals surface area contributed by atoms with Gasteiger partial charge < -0.3 is 4.98 Å². The summed E-state index contributed by atoms with van der Waals surface area (Å²) in [6.45, 7) is 2.04. The van der Waals surface area contributed by atoms with Gasteiger partial charge in [0.05, 0.1) is 0 Å². The summed E-state index contributed by atoms with van der Waals surface area (Å²) in [6.07, 6.45) is 0. The van der Waals surface area contributed by atoms with Crippen LogP contribution in [0.2, 0.25) is 10.4 Å². The monoisotopic (exact) mass is 272 g/mol. The Morgan fingerprint density at radius 3 is 2.77 bits per heavy atom. The number of H-pyrrole nitrogens is 1. The molecule has 0 unspecified atom stereocenters. The van der Waals surface area contributed by atoms with E-state index in [9.17, 15) is 0 Å². The van der Waals surface area contributed by atoms with Crippen molar-refractivity contribution in [2.75, 3.05) is 5.75 Å². The van der Waals surface area contributed by atoms with Gasteiger partial charge in [-0.1, -0.05) is 30.7 Å². The number of aromatic nitrogens is 2. The highest BCUT2D eigenvalue weighted by Crippen LogP contribution is 2.30. The van der Waals surface area contributed by atoms with Gasteiger partial charge in [0, 0.05) is 0 Å². The van der Waals surface area contributed by atoms with Crippen molar-refractivity contribution < 1.29 is 0 Å². The number of imidazole rings is 1. The van der Waals surface area contributed by atoms with Gasteiger partial charge in [0.25, 0.3) is 0 Å². The highest BCUT2D eigenvalue weighted by atomic mass is 35.5. The topological polar surface area (TPSA) is 28.7 Å². The van der Waals surface area contributed by atoms with Crippen LogP contribution in [0.1, 0.15) is 6.92 Å². The maximum absolute atomic E-state index is 5.80. The zero-order valence-electron chi connectivity index (χ0n) is 6.63. The lowest BCUT2D eigenvalue weighted by Gasteiger charge is -1.97. The highest BCUT2D eigenvalue weighted by Gasteiger charge is 2.09. The Morgan fingerprint density at radius 2 is 2.31 bits per heavy atom. The fourth-order valence-electron chi connectivity index (χ4n) is 0.604. The molecule has 1 N–H and O–H groups in total. The molecule has 1 aromatic rings. The normalized spacial score (nSPS) is 10.4. The molecule has 0 radical (unpaired) electrons. The van der Waals surface area contributed by atoms with Crippen LogP contribution < -0.4 is 0 Å². The smallest absolute Gasteiger partial charge is 0.202 e. The molecule has 0 amide bonds. The Hall–Kier alpha value is 0.580. The lowest BCUT2D eigenvalue weighted by molar-refractivity contribution is 1.21. The summed E-state index contributed by atoms with van der Waals surface area (Å²) in [7, 11) is 0. The van der Waals surface area contributed by atoms with Crippen molar-refractivity contribution in [1.29, 1.82) is 0 Å². The Balaban J connectivity index is 2.63. The first kappa shape index (κ1) is 11.7. The predicted molar refractivity (Wildman–Crippen MR) is 65.2 cm³/mol. The Bertz CT molecular complexity index is 313. The second kappa shape index (κ2) is 5.46. The number of aromatic amines is 1. The first-order chi connectivity index (χ1) is 6.13. The van der Waals surface area contributed by atoms with E-state index >= 15 is 0 Å². The molecule has 0 aromatic carbocycles. The van der Waals surface area contributed by atoms with Crippen LogP contribution in [0.4, 0.5) is 0 Å². The molecule has 0 aliphatic heterocycles. The molecule has 0 saturated carbocycles. The zero-order valence-corrected chi connectivity index (χ0v) is 10.6. The van der Waals surface area contributed by atoms with Crippen molar-refractivity contribution in [1.82, 2.24) is 9.97 Å². The maximum Gasteiger partial charge on any atom is 0.202 e. The summed E-state index contributed by atoms with van der Waals surface area (Å²) < 4.78 is 0.799. The summed E-state index contributed by atoms with van der Waals surface area (Å²) in [5, 5.41) is 1.36. The van der Waals surface area contributed by atoms with Gasteiger partial charge in [0.15, 0.2) is 0 Å². The van der Waals surface area contributed by atoms with E-state index in [2.05, 4.69) is 9.97 Å². The minimum atomic E-state index is 0.289. The third kappa shape index (κ3) is 3.67. The molecule has 72 valence electrons. The standard InChI is InChI=1S/C6H6Cl2N2S3/c1-2-12-6(11)13-4-3(7)9-5(8)10-4/h2H2,1H3,(H,9,10). The molecular weight excluding hydrogens is 267 g/mol. The molecule has 0 spiro atoms. The van der Waals surface area contributed by atoms with Crippen LogP contribution in [0.25, 0.3) is 0 Å². The van der Waals surface area contributed by atoms with E-state index in [-0.39, 0.29) is 5.28 Å². The van der Waals surface area contributed by atoms with Crippen molar-refractivity contribution in [3.63, 3.8) is 0 Å². The molecule has 0 fully saturated rings. The van der Waals surface area contributed by atoms with Gasteiger partial charge in [-0.05, 0) is 29.1 Å². The number of rotatable bonds is 2. The first-order valence-electron chi connectivity index (χ1n) is 3.39. The molecule has 1 heterocycles. The third-order valence-corrected chi connectivity index (χ3v) is 3.99. The van der Waals surface area contributed by atoms with Crippen molar-refractivity contribution in [2.45, 2.75) is 11.9 Å². The molecule has 0 aliphatic carbocycles. The zero-order chi connectivity index (χ0) is 9.84. The molecular formula is C6H6Cl2N2S3. The van der Waals surface area contributed by atoms with E-state index in [1.54, 1.807) is 11.8 Å². The minimum absolute atomic E-state index is 0.289. The van der Waals surface area contributed by atoms with Gasteiger partial charge in [-0.3, -0.25) is 0 Å². The number of hydrogen-bond acceptors (Lipinski definition) is 4. The fourth-order valence-corrected chi connectivity index (χ4v) is 3.22. The lowest BCUT2D eigenvalue weighted by Crippen LogP contribution is -1.82. The highest BCUT2D eigenvalue weighted by molar-refractivity contribution is 8.47. The van der Waals surface area contributed by atoms with Crippen LogP contribution in [0.15, 0.2) is 5.03 Å². The molecule has 1 rings (SSSR count). The molecule has 0 atom stereocenters. The number of thiocarbonyl (C=S) groups is 1. The average molecular weight is 273 g/mol. The number of thioether (sulfide) groups is 2. The van der Waals surface area contributed by atoms with E-state index in [1.807, 2.05) is 6.92 Å². The average Bonchev–Trinajstić information content (AvgIpc) is 2.30. The third-order valence-electron chi connectivity index (χ3n) is 1.04. The Morgan fingerprint density at radius 1 is 1.62 bits per heavy atom. The number of halogens is 2. The predicted octanol–water partition coefficient (Wildman–Crippen LogP) is 3.85. The van der Waals surface area contributed by atoms with E-state index in [4.69, 9.17) is 35.4 Å². The molecule has 0 saturated heterocycles. The lowest BCUT2D eigenvalue weighted by atomic mass is 10.9. The van der Waals surface area contributed by atoms with Crippen molar-refractivity contribution in [2.24, 2.45) is 0 Å². The number of hydrogen-bond donors (Lipinski definition) is 1. The van der Waals surface area contributed by atoms with Gasteiger partial charge in [0.2, 0.25) is 5.28 Å². The molecule has 13 heavy (non-hydrogen) atoms. The molecule has 1 aromatic heterocycles. The summed E-state index contributed by atoms with van der Waals surface area (Å²) >= 11 is 19.4. The Kier molecular flexibility index (Phi) is 4.89. The van der Waals surface area contributed by atoms with Crippen LogP contribution in [-0.4, -0.2) is 19.2 Å². The number of nitrogens with zero attached hydrogens (tertiary/aromatic N) is 1. The second-order valence-corrected chi connectivity index (χ2v) is 6.12. The summed E-state index contributed by atoms with van der Waals surface area (Å²) in [5.41, 5.74) is 0. The van der Waals surface area contributed by atoms with Crippen LogP contribution in [0.5, 0.6) is 0 Å². The second-order valence-electron chi connectivity index (χ2n) is 1.93. The van der Waals surface area contributed by atoms with Crippen LogP contribution in [0.3, 0.4) is 0 Å². The van der Waals surface area contributed by atoms with Crippen molar-refractivity contribution >= 4 is 62.5 Å².